The van der Waals surface area contributed by atoms with Gasteiger partial charge in [0.15, 0.2) is 0 Å². The maximum atomic E-state index is 12.3. The van der Waals surface area contributed by atoms with Crippen molar-refractivity contribution in [2.24, 2.45) is 5.92 Å². The van der Waals surface area contributed by atoms with Crippen LogP contribution in [0.2, 0.25) is 0 Å². The maximum Gasteiger partial charge on any atom is 0.242 e. The Balaban J connectivity index is 2.01. The van der Waals surface area contributed by atoms with Crippen LogP contribution in [0.15, 0.2) is 23.2 Å². The molecule has 6 nitrogen and oxygen atoms in total. The van der Waals surface area contributed by atoms with Crippen molar-refractivity contribution >= 4 is 15.8 Å². The monoisotopic (exact) mass is 313 g/mol. The highest BCUT2D eigenvalue weighted by Gasteiger charge is 2.26. The lowest BCUT2D eigenvalue weighted by molar-refractivity contribution is 0.180. The van der Waals surface area contributed by atoms with Gasteiger partial charge in [0, 0.05) is 31.3 Å². The molecule has 1 aromatic rings. The summed E-state index contributed by atoms with van der Waals surface area (Å²) in [5.41, 5.74) is 0. The van der Waals surface area contributed by atoms with E-state index >= 15 is 0 Å². The fraction of sp³-hybridized carbons (Fsp3) is 0.643. The van der Waals surface area contributed by atoms with Crippen molar-refractivity contribution in [1.29, 1.82) is 0 Å². The Morgan fingerprint density at radius 2 is 2.29 bits per heavy atom. The Bertz CT molecular complexity index is 539. The Morgan fingerprint density at radius 1 is 1.48 bits per heavy atom. The van der Waals surface area contributed by atoms with Crippen LogP contribution < -0.4 is 10.0 Å². The van der Waals surface area contributed by atoms with E-state index in [9.17, 15) is 8.42 Å². The van der Waals surface area contributed by atoms with E-state index in [4.69, 9.17) is 4.74 Å². The average molecular weight is 313 g/mol. The van der Waals surface area contributed by atoms with Gasteiger partial charge in [0.1, 0.15) is 10.7 Å². The van der Waals surface area contributed by atoms with E-state index in [1.807, 2.05) is 6.92 Å². The highest BCUT2D eigenvalue weighted by molar-refractivity contribution is 7.89. The molecule has 118 valence electrons. The Labute approximate surface area is 126 Å². The molecule has 0 aromatic carbocycles. The standard InChI is InChI=1S/C14H23N3O3S/c1-3-7-15-14-5-4-13(9-16-14)21(18,19)17-11(2)12-6-8-20-10-12/h4-5,9,11-12,17H,3,6-8,10H2,1-2H3,(H,15,16). The van der Waals surface area contributed by atoms with E-state index in [0.29, 0.717) is 19.0 Å². The van der Waals surface area contributed by atoms with Gasteiger partial charge in [-0.05, 0) is 31.9 Å². The summed E-state index contributed by atoms with van der Waals surface area (Å²) < 4.78 is 32.6. The molecule has 1 aliphatic heterocycles. The minimum absolute atomic E-state index is 0.143. The number of hydrogen-bond acceptors (Lipinski definition) is 5. The van der Waals surface area contributed by atoms with Gasteiger partial charge in [0.2, 0.25) is 10.0 Å². The van der Waals surface area contributed by atoms with Crippen molar-refractivity contribution in [2.75, 3.05) is 25.1 Å². The molecular formula is C14H23N3O3S. The quantitative estimate of drug-likeness (QED) is 0.799. The van der Waals surface area contributed by atoms with Gasteiger partial charge in [-0.15, -0.1) is 0 Å². The number of ether oxygens (including phenoxy) is 1. The summed E-state index contributed by atoms with van der Waals surface area (Å²) in [6.45, 7) is 6.07. The molecule has 1 aliphatic rings. The van der Waals surface area contributed by atoms with Crippen molar-refractivity contribution in [2.45, 2.75) is 37.6 Å². The largest absolute Gasteiger partial charge is 0.381 e. The summed E-state index contributed by atoms with van der Waals surface area (Å²) in [6, 6.07) is 3.12. The first-order valence-electron chi connectivity index (χ1n) is 7.33. The zero-order valence-electron chi connectivity index (χ0n) is 12.5. The average Bonchev–Trinajstić information content (AvgIpc) is 2.99. The molecule has 0 saturated carbocycles. The van der Waals surface area contributed by atoms with E-state index in [0.717, 1.165) is 19.4 Å². The zero-order chi connectivity index (χ0) is 15.3. The van der Waals surface area contributed by atoms with Gasteiger partial charge >= 0.3 is 0 Å². The summed E-state index contributed by atoms with van der Waals surface area (Å²) in [6.07, 6.45) is 3.27. The van der Waals surface area contributed by atoms with Crippen molar-refractivity contribution < 1.29 is 13.2 Å². The third kappa shape index (κ3) is 4.39. The van der Waals surface area contributed by atoms with Crippen molar-refractivity contribution in [3.8, 4) is 0 Å². The number of rotatable bonds is 7. The zero-order valence-corrected chi connectivity index (χ0v) is 13.3. The maximum absolute atomic E-state index is 12.3. The van der Waals surface area contributed by atoms with E-state index in [2.05, 4.69) is 21.9 Å². The number of nitrogens with one attached hydrogen (secondary N) is 2. The number of anilines is 1. The van der Waals surface area contributed by atoms with Crippen LogP contribution in [0.3, 0.4) is 0 Å². The molecule has 2 atom stereocenters. The molecule has 0 spiro atoms. The van der Waals surface area contributed by atoms with Crippen LogP contribution in [0.4, 0.5) is 5.82 Å². The molecule has 2 rings (SSSR count). The molecule has 0 aliphatic carbocycles. The third-order valence-corrected chi connectivity index (χ3v) is 5.16. The summed E-state index contributed by atoms with van der Waals surface area (Å²) >= 11 is 0. The lowest BCUT2D eigenvalue weighted by Crippen LogP contribution is -2.38. The molecule has 21 heavy (non-hydrogen) atoms. The Hall–Kier alpha value is -1.18. The van der Waals surface area contributed by atoms with Crippen LogP contribution in [0.25, 0.3) is 0 Å². The first kappa shape index (κ1) is 16.2. The second kappa shape index (κ2) is 7.20. The summed E-state index contributed by atoms with van der Waals surface area (Å²) in [7, 11) is -3.53. The van der Waals surface area contributed by atoms with Crippen LogP contribution in [0.5, 0.6) is 0 Å². The van der Waals surface area contributed by atoms with Crippen LogP contribution in [0.1, 0.15) is 26.7 Å². The SMILES string of the molecule is CCCNc1ccc(S(=O)(=O)NC(C)C2CCOC2)cn1. The van der Waals surface area contributed by atoms with Crippen LogP contribution >= 0.6 is 0 Å². The molecule has 2 heterocycles. The minimum atomic E-state index is -3.53. The molecule has 0 bridgehead atoms. The first-order valence-corrected chi connectivity index (χ1v) is 8.81. The molecule has 1 aromatic heterocycles. The number of aromatic nitrogens is 1. The van der Waals surface area contributed by atoms with Gasteiger partial charge in [-0.3, -0.25) is 0 Å². The molecular weight excluding hydrogens is 290 g/mol. The molecule has 2 unspecified atom stereocenters. The first-order chi connectivity index (χ1) is 10.0. The molecule has 7 heteroatoms. The predicted octanol–water partition coefficient (Wildman–Crippen LogP) is 1.61. The predicted molar refractivity (Wildman–Crippen MR) is 81.7 cm³/mol. The highest BCUT2D eigenvalue weighted by atomic mass is 32.2. The third-order valence-electron chi connectivity index (χ3n) is 3.62. The second-order valence-corrected chi connectivity index (χ2v) is 7.05. The van der Waals surface area contributed by atoms with E-state index in [1.165, 1.54) is 6.20 Å². The summed E-state index contributed by atoms with van der Waals surface area (Å²) in [5.74, 6) is 0.922. The van der Waals surface area contributed by atoms with Gasteiger partial charge < -0.3 is 10.1 Å². The minimum Gasteiger partial charge on any atom is -0.381 e. The fourth-order valence-electron chi connectivity index (χ4n) is 2.25. The number of hydrogen-bond donors (Lipinski definition) is 2. The fourth-order valence-corrected chi connectivity index (χ4v) is 3.51. The normalized spacial score (nSPS) is 20.4. The lowest BCUT2D eigenvalue weighted by atomic mass is 10.0. The van der Waals surface area contributed by atoms with Crippen molar-refractivity contribution in [3.05, 3.63) is 18.3 Å². The second-order valence-electron chi connectivity index (χ2n) is 5.34. The van der Waals surface area contributed by atoms with E-state index in [1.54, 1.807) is 12.1 Å². The van der Waals surface area contributed by atoms with Gasteiger partial charge in [-0.1, -0.05) is 6.92 Å². The van der Waals surface area contributed by atoms with Crippen LogP contribution in [0, 0.1) is 5.92 Å². The van der Waals surface area contributed by atoms with Gasteiger partial charge in [0.05, 0.1) is 6.61 Å². The summed E-state index contributed by atoms with van der Waals surface area (Å²) in [5, 5.41) is 3.12. The summed E-state index contributed by atoms with van der Waals surface area (Å²) in [4.78, 5) is 4.32. The van der Waals surface area contributed by atoms with E-state index in [-0.39, 0.29) is 16.9 Å². The number of nitrogens with zero attached hydrogens (tertiary/aromatic N) is 1. The molecule has 0 radical (unpaired) electrons. The lowest BCUT2D eigenvalue weighted by Gasteiger charge is -2.19. The molecule has 0 amide bonds. The van der Waals surface area contributed by atoms with Gasteiger partial charge in [-0.2, -0.15) is 0 Å². The number of sulfonamides is 1. The smallest absolute Gasteiger partial charge is 0.242 e. The van der Waals surface area contributed by atoms with Crippen molar-refractivity contribution in [3.63, 3.8) is 0 Å². The highest BCUT2D eigenvalue weighted by Crippen LogP contribution is 2.19. The molecule has 1 saturated heterocycles. The Kier molecular flexibility index (Phi) is 5.55. The van der Waals surface area contributed by atoms with Crippen LogP contribution in [-0.4, -0.2) is 39.2 Å². The topological polar surface area (TPSA) is 80.3 Å². The molecule has 2 N–H and O–H groups in total. The number of pyridine rings is 1. The van der Waals surface area contributed by atoms with Gasteiger partial charge in [0.25, 0.3) is 0 Å². The Morgan fingerprint density at radius 3 is 2.86 bits per heavy atom. The van der Waals surface area contributed by atoms with Crippen LogP contribution in [-0.2, 0) is 14.8 Å². The van der Waals surface area contributed by atoms with E-state index < -0.39 is 10.0 Å². The molecule has 1 fully saturated rings. The van der Waals surface area contributed by atoms with Crippen molar-refractivity contribution in [1.82, 2.24) is 9.71 Å². The van der Waals surface area contributed by atoms with Gasteiger partial charge in [-0.25, -0.2) is 18.1 Å².